The first-order chi connectivity index (χ1) is 8.82. The third-order valence-electron chi connectivity index (χ3n) is 5.19. The van der Waals surface area contributed by atoms with E-state index in [1.54, 1.807) is 0 Å². The molecule has 1 saturated carbocycles. The van der Waals surface area contributed by atoms with Gasteiger partial charge in [0, 0.05) is 5.92 Å². The lowest BCUT2D eigenvalue weighted by Gasteiger charge is -2.35. The molecule has 2 heteroatoms. The zero-order valence-corrected chi connectivity index (χ0v) is 13.2. The molecule has 1 aliphatic carbocycles. The second kappa shape index (κ2) is 5.73. The van der Waals surface area contributed by atoms with Gasteiger partial charge >= 0.3 is 0 Å². The van der Waals surface area contributed by atoms with Crippen LogP contribution < -0.4 is 0 Å². The number of rotatable bonds is 2. The summed E-state index contributed by atoms with van der Waals surface area (Å²) in [6, 6.07) is 0. The molecule has 1 saturated heterocycles. The van der Waals surface area contributed by atoms with E-state index in [-0.39, 0.29) is 23.2 Å². The molecule has 0 aromatic carbocycles. The molecule has 1 N–H and O–H groups in total. The largest absolute Gasteiger partial charge is 0.392 e. The van der Waals surface area contributed by atoms with Crippen LogP contribution in [0.4, 0.5) is 0 Å². The third kappa shape index (κ3) is 3.72. The molecular weight excluding hydrogens is 236 g/mol. The molecule has 2 nitrogen and oxygen atoms in total. The molecule has 19 heavy (non-hydrogen) atoms. The van der Waals surface area contributed by atoms with Crippen LogP contribution in [0.3, 0.4) is 0 Å². The van der Waals surface area contributed by atoms with Crippen LogP contribution in [0.25, 0.3) is 0 Å². The minimum atomic E-state index is -0.189. The van der Waals surface area contributed by atoms with Crippen molar-refractivity contribution in [2.24, 2.45) is 11.8 Å². The molecule has 2 atom stereocenters. The average Bonchev–Trinajstić information content (AvgIpc) is 2.45. The van der Waals surface area contributed by atoms with Crippen LogP contribution in [-0.4, -0.2) is 22.4 Å². The summed E-state index contributed by atoms with van der Waals surface area (Å²) in [5, 5.41) is 10.9. The predicted octanol–water partition coefficient (Wildman–Crippen LogP) is 4.30. The van der Waals surface area contributed by atoms with Crippen LogP contribution in [0.1, 0.15) is 79.1 Å². The maximum Gasteiger partial charge on any atom is 0.0687 e. The number of aliphatic hydroxyl groups excluding tert-OH is 1. The summed E-state index contributed by atoms with van der Waals surface area (Å²) in [5.41, 5.74) is -0.276. The quantitative estimate of drug-likeness (QED) is 0.809. The minimum Gasteiger partial charge on any atom is -0.392 e. The minimum absolute atomic E-state index is 0.0865. The lowest BCUT2D eigenvalue weighted by molar-refractivity contribution is -0.0948. The van der Waals surface area contributed by atoms with Crippen LogP contribution in [0.15, 0.2) is 0 Å². The highest BCUT2D eigenvalue weighted by atomic mass is 16.5. The Morgan fingerprint density at radius 3 is 1.95 bits per heavy atom. The van der Waals surface area contributed by atoms with Gasteiger partial charge in [0.1, 0.15) is 0 Å². The summed E-state index contributed by atoms with van der Waals surface area (Å²) in [6.07, 6.45) is 9.86. The van der Waals surface area contributed by atoms with Gasteiger partial charge in [-0.15, -0.1) is 0 Å². The van der Waals surface area contributed by atoms with Crippen LogP contribution in [0, 0.1) is 11.8 Å². The van der Waals surface area contributed by atoms with Crippen molar-refractivity contribution < 1.29 is 9.84 Å². The normalized spacial score (nSPS) is 33.6. The third-order valence-corrected chi connectivity index (χ3v) is 5.19. The number of aliphatic hydroxyl groups is 1. The van der Waals surface area contributed by atoms with Gasteiger partial charge in [-0.2, -0.15) is 0 Å². The van der Waals surface area contributed by atoms with Crippen molar-refractivity contribution in [1.29, 1.82) is 0 Å². The molecule has 1 aliphatic heterocycles. The molecule has 0 aromatic heterocycles. The van der Waals surface area contributed by atoms with Gasteiger partial charge < -0.3 is 9.84 Å². The summed E-state index contributed by atoms with van der Waals surface area (Å²) in [6.45, 7) is 8.61. The molecular formula is C17H32O2. The monoisotopic (exact) mass is 268 g/mol. The summed E-state index contributed by atoms with van der Waals surface area (Å²) in [5.74, 6) is 0.772. The zero-order chi connectivity index (χ0) is 14.1. The Hall–Kier alpha value is -0.0800. The standard InChI is InChI=1S/C17H32O2/c1-16(2)12-14(17(3,4)19-16)15(18)13-10-8-6-5-7-9-11-13/h13-15,18H,5-12H2,1-4H3. The predicted molar refractivity (Wildman–Crippen MR) is 79.2 cm³/mol. The zero-order valence-electron chi connectivity index (χ0n) is 13.2. The van der Waals surface area contributed by atoms with E-state index in [0.717, 1.165) is 6.42 Å². The highest BCUT2D eigenvalue weighted by Gasteiger charge is 2.50. The molecule has 2 rings (SSSR count). The average molecular weight is 268 g/mol. The van der Waals surface area contributed by atoms with Crippen LogP contribution in [0.2, 0.25) is 0 Å². The number of ether oxygens (including phenoxy) is 1. The van der Waals surface area contributed by atoms with Crippen LogP contribution in [0.5, 0.6) is 0 Å². The molecule has 0 aromatic rings. The highest BCUT2D eigenvalue weighted by molar-refractivity contribution is 4.98. The maximum absolute atomic E-state index is 10.9. The first-order valence-corrected chi connectivity index (χ1v) is 8.20. The van der Waals surface area contributed by atoms with Crippen molar-refractivity contribution in [1.82, 2.24) is 0 Å². The SMILES string of the molecule is CC1(C)CC(C(O)C2CCCCCCC2)C(C)(C)O1. The Bertz CT molecular complexity index is 288. The number of hydrogen-bond donors (Lipinski definition) is 1. The lowest BCUT2D eigenvalue weighted by Crippen LogP contribution is -2.40. The van der Waals surface area contributed by atoms with Crippen LogP contribution >= 0.6 is 0 Å². The van der Waals surface area contributed by atoms with Crippen molar-refractivity contribution >= 4 is 0 Å². The van der Waals surface area contributed by atoms with Crippen molar-refractivity contribution in [3.05, 3.63) is 0 Å². The van der Waals surface area contributed by atoms with Crippen molar-refractivity contribution in [3.63, 3.8) is 0 Å². The molecule has 1 heterocycles. The van der Waals surface area contributed by atoms with E-state index >= 15 is 0 Å². The fourth-order valence-corrected chi connectivity index (χ4v) is 4.29. The molecule has 2 fully saturated rings. The van der Waals surface area contributed by atoms with Gasteiger partial charge in [0.05, 0.1) is 17.3 Å². The van der Waals surface area contributed by atoms with Crippen LogP contribution in [-0.2, 0) is 4.74 Å². The maximum atomic E-state index is 10.9. The molecule has 0 spiro atoms. The van der Waals surface area contributed by atoms with Gasteiger partial charge in [-0.25, -0.2) is 0 Å². The first-order valence-electron chi connectivity index (χ1n) is 8.20. The van der Waals surface area contributed by atoms with Gasteiger partial charge in [0.15, 0.2) is 0 Å². The summed E-state index contributed by atoms with van der Waals surface area (Å²) >= 11 is 0. The smallest absolute Gasteiger partial charge is 0.0687 e. The Labute approximate surface area is 118 Å². The Balaban J connectivity index is 2.03. The Morgan fingerprint density at radius 2 is 1.47 bits per heavy atom. The summed E-state index contributed by atoms with van der Waals surface area (Å²) < 4.78 is 6.16. The van der Waals surface area contributed by atoms with E-state index in [2.05, 4.69) is 27.7 Å². The molecule has 0 bridgehead atoms. The molecule has 2 unspecified atom stereocenters. The second-order valence-corrected chi connectivity index (χ2v) is 7.87. The van der Waals surface area contributed by atoms with Crippen molar-refractivity contribution in [2.45, 2.75) is 96.4 Å². The van der Waals surface area contributed by atoms with Gasteiger partial charge in [-0.3, -0.25) is 0 Å². The van der Waals surface area contributed by atoms with Gasteiger partial charge in [-0.1, -0.05) is 32.1 Å². The second-order valence-electron chi connectivity index (χ2n) is 7.87. The number of hydrogen-bond acceptors (Lipinski definition) is 2. The van der Waals surface area contributed by atoms with Gasteiger partial charge in [-0.05, 0) is 52.9 Å². The van der Waals surface area contributed by atoms with Crippen molar-refractivity contribution in [2.75, 3.05) is 0 Å². The van der Waals surface area contributed by atoms with Crippen molar-refractivity contribution in [3.8, 4) is 0 Å². The summed E-state index contributed by atoms with van der Waals surface area (Å²) in [4.78, 5) is 0. The fraction of sp³-hybridized carbons (Fsp3) is 1.00. The van der Waals surface area contributed by atoms with E-state index < -0.39 is 0 Å². The Morgan fingerprint density at radius 1 is 0.947 bits per heavy atom. The van der Waals surface area contributed by atoms with E-state index in [1.165, 1.54) is 44.9 Å². The van der Waals surface area contributed by atoms with E-state index in [4.69, 9.17) is 4.74 Å². The van der Waals surface area contributed by atoms with Gasteiger partial charge in [0.2, 0.25) is 0 Å². The molecule has 2 aliphatic rings. The molecule has 112 valence electrons. The first kappa shape index (κ1) is 15.3. The molecule has 0 amide bonds. The van der Waals surface area contributed by atoms with E-state index in [9.17, 15) is 5.11 Å². The lowest BCUT2D eigenvalue weighted by atomic mass is 9.75. The van der Waals surface area contributed by atoms with E-state index in [0.29, 0.717) is 5.92 Å². The Kier molecular flexibility index (Phi) is 4.62. The summed E-state index contributed by atoms with van der Waals surface area (Å²) in [7, 11) is 0. The fourth-order valence-electron chi connectivity index (χ4n) is 4.29. The van der Waals surface area contributed by atoms with E-state index in [1.807, 2.05) is 0 Å². The highest BCUT2D eigenvalue weighted by Crippen LogP contribution is 2.46. The molecule has 0 radical (unpaired) electrons. The van der Waals surface area contributed by atoms with Gasteiger partial charge in [0.25, 0.3) is 0 Å². The topological polar surface area (TPSA) is 29.5 Å².